The number of rotatable bonds is 4. The molecule has 1 saturated heterocycles. The lowest BCUT2D eigenvalue weighted by Crippen LogP contribution is -2.35. The maximum atomic E-state index is 12.8. The van der Waals surface area contributed by atoms with Crippen LogP contribution in [0.3, 0.4) is 0 Å². The Bertz CT molecular complexity index is 548. The highest BCUT2D eigenvalue weighted by molar-refractivity contribution is 5.82. The van der Waals surface area contributed by atoms with Crippen molar-refractivity contribution in [2.45, 2.75) is 6.18 Å². The van der Waals surface area contributed by atoms with Crippen molar-refractivity contribution in [3.63, 3.8) is 0 Å². The minimum Gasteiger partial charge on any atom is -0.481 e. The fourth-order valence-electron chi connectivity index (χ4n) is 2.43. The van der Waals surface area contributed by atoms with Crippen molar-refractivity contribution in [2.24, 2.45) is 11.8 Å². The topological polar surface area (TPSA) is 69.6 Å². The highest BCUT2D eigenvalue weighted by Gasteiger charge is 2.53. The van der Waals surface area contributed by atoms with Crippen LogP contribution in [0.25, 0.3) is 0 Å². The molecule has 0 saturated carbocycles. The largest absolute Gasteiger partial charge is 0.481 e. The van der Waals surface area contributed by atoms with Crippen LogP contribution in [0, 0.1) is 11.8 Å². The Balaban J connectivity index is 1.98. The van der Waals surface area contributed by atoms with E-state index in [-0.39, 0.29) is 6.54 Å². The SMILES string of the molecule is O=C(O)[C@@H]1CN(C(=O)CNc2ccccc2)C[C@H]1C(F)(F)F. The molecule has 0 aliphatic carbocycles. The number of carbonyl (C=O) groups is 2. The van der Waals surface area contributed by atoms with E-state index >= 15 is 0 Å². The number of benzene rings is 1. The van der Waals surface area contributed by atoms with Crippen LogP contribution in [0.1, 0.15) is 0 Å². The number of halogens is 3. The van der Waals surface area contributed by atoms with Gasteiger partial charge < -0.3 is 15.3 Å². The van der Waals surface area contributed by atoms with Gasteiger partial charge in [-0.3, -0.25) is 9.59 Å². The molecule has 1 heterocycles. The van der Waals surface area contributed by atoms with Gasteiger partial charge in [-0.2, -0.15) is 13.2 Å². The van der Waals surface area contributed by atoms with Crippen LogP contribution >= 0.6 is 0 Å². The first-order valence-electron chi connectivity index (χ1n) is 6.65. The number of hydrogen-bond donors (Lipinski definition) is 2. The molecule has 8 heteroatoms. The Kier molecular flexibility index (Phi) is 4.58. The fourth-order valence-corrected chi connectivity index (χ4v) is 2.43. The number of para-hydroxylation sites is 1. The molecule has 0 unspecified atom stereocenters. The van der Waals surface area contributed by atoms with Gasteiger partial charge >= 0.3 is 12.1 Å². The Hall–Kier alpha value is -2.25. The maximum absolute atomic E-state index is 12.8. The minimum atomic E-state index is -4.63. The number of hydrogen-bond acceptors (Lipinski definition) is 3. The first kappa shape index (κ1) is 16.1. The number of nitrogens with zero attached hydrogens (tertiary/aromatic N) is 1. The number of carboxylic acid groups (broad SMARTS) is 1. The van der Waals surface area contributed by atoms with Gasteiger partial charge in [0.25, 0.3) is 0 Å². The molecule has 0 bridgehead atoms. The van der Waals surface area contributed by atoms with Crippen LogP contribution in [-0.4, -0.2) is 47.7 Å². The van der Waals surface area contributed by atoms with Crippen LogP contribution in [0.4, 0.5) is 18.9 Å². The van der Waals surface area contributed by atoms with Crippen molar-refractivity contribution < 1.29 is 27.9 Å². The molecule has 1 aromatic rings. The zero-order valence-electron chi connectivity index (χ0n) is 11.5. The molecule has 0 radical (unpaired) electrons. The summed E-state index contributed by atoms with van der Waals surface area (Å²) in [7, 11) is 0. The highest BCUT2D eigenvalue weighted by atomic mass is 19.4. The molecule has 1 aliphatic heterocycles. The van der Waals surface area contributed by atoms with Crippen LogP contribution in [0.5, 0.6) is 0 Å². The smallest absolute Gasteiger partial charge is 0.394 e. The lowest BCUT2D eigenvalue weighted by molar-refractivity contribution is -0.188. The second-order valence-electron chi connectivity index (χ2n) is 5.11. The zero-order valence-corrected chi connectivity index (χ0v) is 11.5. The number of anilines is 1. The fraction of sp³-hybridized carbons (Fsp3) is 0.429. The number of amides is 1. The van der Waals surface area contributed by atoms with Crippen molar-refractivity contribution in [1.29, 1.82) is 0 Å². The molecule has 0 aromatic heterocycles. The van der Waals surface area contributed by atoms with E-state index in [1.165, 1.54) is 0 Å². The third-order valence-electron chi connectivity index (χ3n) is 3.63. The number of aliphatic carboxylic acids is 1. The van der Waals surface area contributed by atoms with Gasteiger partial charge in [0.05, 0.1) is 18.4 Å². The molecule has 2 N–H and O–H groups in total. The summed E-state index contributed by atoms with van der Waals surface area (Å²) in [5, 5.41) is 11.7. The molecule has 1 fully saturated rings. The molecule has 1 amide bonds. The van der Waals surface area contributed by atoms with E-state index in [1.807, 2.05) is 0 Å². The van der Waals surface area contributed by atoms with Crippen molar-refractivity contribution in [3.05, 3.63) is 30.3 Å². The van der Waals surface area contributed by atoms with Crippen molar-refractivity contribution in [3.8, 4) is 0 Å². The quantitative estimate of drug-likeness (QED) is 0.889. The summed E-state index contributed by atoms with van der Waals surface area (Å²) in [4.78, 5) is 23.9. The lowest BCUT2D eigenvalue weighted by Gasteiger charge is -2.18. The average Bonchev–Trinajstić information content (AvgIpc) is 2.91. The average molecular weight is 316 g/mol. The molecule has 0 spiro atoms. The van der Waals surface area contributed by atoms with Crippen LogP contribution in [0.15, 0.2) is 30.3 Å². The number of carbonyl (C=O) groups excluding carboxylic acids is 1. The van der Waals surface area contributed by atoms with E-state index in [2.05, 4.69) is 5.32 Å². The van der Waals surface area contributed by atoms with Gasteiger partial charge in [-0.05, 0) is 12.1 Å². The molecular formula is C14H15F3N2O3. The molecule has 2 rings (SSSR count). The van der Waals surface area contributed by atoms with Gasteiger partial charge in [-0.1, -0.05) is 18.2 Å². The monoisotopic (exact) mass is 316 g/mol. The Labute approximate surface area is 124 Å². The van der Waals surface area contributed by atoms with Crippen molar-refractivity contribution in [1.82, 2.24) is 4.90 Å². The summed E-state index contributed by atoms with van der Waals surface area (Å²) in [6.07, 6.45) is -4.63. The summed E-state index contributed by atoms with van der Waals surface area (Å²) in [6.45, 7) is -1.22. The van der Waals surface area contributed by atoms with Gasteiger partial charge in [-0.25, -0.2) is 0 Å². The number of nitrogens with one attached hydrogen (secondary N) is 1. The molecular weight excluding hydrogens is 301 g/mol. The predicted molar refractivity (Wildman–Crippen MR) is 72.2 cm³/mol. The summed E-state index contributed by atoms with van der Waals surface area (Å²) >= 11 is 0. The van der Waals surface area contributed by atoms with Gasteiger partial charge in [0, 0.05) is 18.8 Å². The van der Waals surface area contributed by atoms with Crippen LogP contribution in [0.2, 0.25) is 0 Å². The molecule has 2 atom stereocenters. The number of alkyl halides is 3. The molecule has 22 heavy (non-hydrogen) atoms. The normalized spacial score (nSPS) is 21.7. The second-order valence-corrected chi connectivity index (χ2v) is 5.11. The van der Waals surface area contributed by atoms with Crippen LogP contribution in [-0.2, 0) is 9.59 Å². The van der Waals surface area contributed by atoms with Crippen molar-refractivity contribution >= 4 is 17.6 Å². The summed E-state index contributed by atoms with van der Waals surface area (Å²) in [6, 6.07) is 8.73. The van der Waals surface area contributed by atoms with E-state index in [9.17, 15) is 22.8 Å². The Morgan fingerprint density at radius 3 is 2.36 bits per heavy atom. The summed E-state index contributed by atoms with van der Waals surface area (Å²) in [5.74, 6) is -5.72. The van der Waals surface area contributed by atoms with E-state index in [0.717, 1.165) is 4.90 Å². The van der Waals surface area contributed by atoms with E-state index in [0.29, 0.717) is 5.69 Å². The molecule has 5 nitrogen and oxygen atoms in total. The number of likely N-dealkylation sites (tertiary alicyclic amines) is 1. The van der Waals surface area contributed by atoms with Gasteiger partial charge in [-0.15, -0.1) is 0 Å². The third kappa shape index (κ3) is 3.69. The molecule has 1 aromatic carbocycles. The summed E-state index contributed by atoms with van der Waals surface area (Å²) < 4.78 is 38.5. The zero-order chi connectivity index (χ0) is 16.3. The summed E-state index contributed by atoms with van der Waals surface area (Å²) in [5.41, 5.74) is 0.664. The van der Waals surface area contributed by atoms with E-state index in [1.54, 1.807) is 30.3 Å². The highest BCUT2D eigenvalue weighted by Crippen LogP contribution is 2.37. The number of carboxylic acids is 1. The standard InChI is InChI=1S/C14H15F3N2O3/c15-14(16,17)11-8-19(7-10(11)13(21)22)12(20)6-18-9-4-2-1-3-5-9/h1-5,10-11,18H,6-8H2,(H,21,22)/t10-,11-/m1/s1. The minimum absolute atomic E-state index is 0.180. The lowest BCUT2D eigenvalue weighted by atomic mass is 9.96. The second kappa shape index (κ2) is 6.25. The first-order chi connectivity index (χ1) is 10.3. The molecule has 120 valence electrons. The van der Waals surface area contributed by atoms with Gasteiger partial charge in [0.2, 0.25) is 5.91 Å². The van der Waals surface area contributed by atoms with Gasteiger partial charge in [0.1, 0.15) is 0 Å². The molecule has 1 aliphatic rings. The maximum Gasteiger partial charge on any atom is 0.394 e. The van der Waals surface area contributed by atoms with E-state index in [4.69, 9.17) is 5.11 Å². The van der Waals surface area contributed by atoms with Crippen LogP contribution < -0.4 is 5.32 Å². The van der Waals surface area contributed by atoms with E-state index < -0.39 is 43.0 Å². The van der Waals surface area contributed by atoms with Crippen molar-refractivity contribution in [2.75, 3.05) is 25.0 Å². The first-order valence-corrected chi connectivity index (χ1v) is 6.65. The Morgan fingerprint density at radius 2 is 1.86 bits per heavy atom. The van der Waals surface area contributed by atoms with Gasteiger partial charge in [0.15, 0.2) is 0 Å². The predicted octanol–water partition coefficient (Wildman–Crippen LogP) is 1.82. The Morgan fingerprint density at radius 1 is 1.23 bits per heavy atom. The third-order valence-corrected chi connectivity index (χ3v) is 3.63.